The second-order valence-electron chi connectivity index (χ2n) is 21.6. The highest BCUT2D eigenvalue weighted by molar-refractivity contribution is 6.26. The van der Waals surface area contributed by atoms with Crippen LogP contribution >= 0.6 is 0 Å². The lowest BCUT2D eigenvalue weighted by molar-refractivity contribution is -0.389. The number of allylic oxidation sites excluding steroid dienone is 2. The number of nitro groups is 1. The first-order valence-electron chi connectivity index (χ1n) is 26.9. The number of methoxy groups -OCH3 is 1. The van der Waals surface area contributed by atoms with Gasteiger partial charge in [-0.2, -0.15) is 0 Å². The van der Waals surface area contributed by atoms with E-state index in [1.807, 2.05) is 19.1 Å². The molecular weight excluding hydrogens is 1040 g/mol. The van der Waals surface area contributed by atoms with Gasteiger partial charge in [-0.15, -0.1) is 0 Å². The van der Waals surface area contributed by atoms with Crippen molar-refractivity contribution in [3.63, 3.8) is 0 Å². The van der Waals surface area contributed by atoms with Crippen LogP contribution < -0.4 is 25.1 Å². The lowest BCUT2D eigenvalue weighted by atomic mass is 9.78. The number of aromatic nitrogens is 3. The number of aromatic hydroxyl groups is 1. The number of esters is 1. The first kappa shape index (κ1) is 57.3. The molecule has 23 heteroatoms. The predicted octanol–water partition coefficient (Wildman–Crippen LogP) is 6.40. The average Bonchev–Trinajstić information content (AvgIpc) is 4.12. The van der Waals surface area contributed by atoms with E-state index in [4.69, 9.17) is 37.8 Å². The van der Waals surface area contributed by atoms with Crippen molar-refractivity contribution in [3.05, 3.63) is 91.5 Å². The van der Waals surface area contributed by atoms with E-state index < -0.39 is 87.6 Å². The van der Waals surface area contributed by atoms with Gasteiger partial charge in [0.1, 0.15) is 47.5 Å². The van der Waals surface area contributed by atoms with Crippen molar-refractivity contribution in [1.82, 2.24) is 19.4 Å². The number of Topliss-reactive ketones (excluding diaryl/α,β-unsaturated/α-hetero) is 1. The number of fused-ring (bicyclic) bond motifs is 3. The lowest BCUT2D eigenvalue weighted by Gasteiger charge is -2.38. The summed E-state index contributed by atoms with van der Waals surface area (Å²) in [4.78, 5) is 80.4. The van der Waals surface area contributed by atoms with Crippen molar-refractivity contribution in [2.45, 2.75) is 112 Å². The molecule has 0 radical (unpaired) electrons. The number of carbonyl (C=O) groups is 3. The second-order valence-corrected chi connectivity index (χ2v) is 21.6. The van der Waals surface area contributed by atoms with Gasteiger partial charge in [-0.05, 0) is 49.8 Å². The minimum absolute atomic E-state index is 0.0142. The Morgan fingerprint density at radius 1 is 0.975 bits per heavy atom. The first-order chi connectivity index (χ1) is 38.0. The van der Waals surface area contributed by atoms with Gasteiger partial charge in [-0.1, -0.05) is 45.9 Å². The number of anilines is 2. The van der Waals surface area contributed by atoms with E-state index >= 15 is 0 Å². The number of phenolic OH excluding ortho intramolecular Hbond substituents is 1. The van der Waals surface area contributed by atoms with Crippen molar-refractivity contribution in [1.29, 1.82) is 0 Å². The number of amides is 1. The van der Waals surface area contributed by atoms with Gasteiger partial charge in [-0.3, -0.25) is 28.6 Å². The minimum atomic E-state index is -2.08. The zero-order valence-corrected chi connectivity index (χ0v) is 46.5. The van der Waals surface area contributed by atoms with Gasteiger partial charge >= 0.3 is 23.6 Å². The highest BCUT2D eigenvalue weighted by Crippen LogP contribution is 2.49. The lowest BCUT2D eigenvalue weighted by Crippen LogP contribution is -2.46. The number of ether oxygens (including phenoxy) is 6. The zero-order valence-electron chi connectivity index (χ0n) is 46.5. The molecule has 4 bridgehead atoms. The van der Waals surface area contributed by atoms with Crippen molar-refractivity contribution in [2.75, 3.05) is 63.3 Å². The molecule has 4 aliphatic heterocycles. The summed E-state index contributed by atoms with van der Waals surface area (Å²) in [7, 11) is 1.44. The molecule has 10 atom stereocenters. The topological polar surface area (TPSA) is 290 Å². The van der Waals surface area contributed by atoms with Gasteiger partial charge in [0.25, 0.3) is 11.7 Å². The van der Waals surface area contributed by atoms with Gasteiger partial charge < -0.3 is 68.5 Å². The third kappa shape index (κ3) is 11.0. The molecule has 3 aromatic carbocycles. The maximum atomic E-state index is 15.0. The van der Waals surface area contributed by atoms with Crippen LogP contribution in [0.2, 0.25) is 0 Å². The number of benzene rings is 3. The highest BCUT2D eigenvalue weighted by atomic mass is 16.7. The molecule has 4 aliphatic rings. The SMILES string of the molecule is CO[C@H]1/C=C/O[C@@]2(C)Oc3c(C)c(=O)c4c(O)c(c5oc6cc(N7CCN(CCCO[C@@H]8COc9nc([N+](=O)[O-])cn9C8)CC7)cc(C)c6nc5c4c3C2=O)NC(=O)/C(C)=C\C=C\[C@H](C)[C@H](O)[C@@H](C)[C@@H](O)[C@@H](C)[C@H](OC(C)=O)[C@@H]1C. The summed E-state index contributed by atoms with van der Waals surface area (Å²) in [5.41, 5.74) is 1.14. The molecule has 6 heterocycles. The maximum absolute atomic E-state index is 15.0. The summed E-state index contributed by atoms with van der Waals surface area (Å²) in [5, 5.41) is 49.1. The number of aliphatic hydroxyl groups excluding tert-OH is 2. The van der Waals surface area contributed by atoms with Gasteiger partial charge in [-0.25, -0.2) is 4.98 Å². The molecule has 0 aliphatic carbocycles. The highest BCUT2D eigenvalue weighted by Gasteiger charge is 2.50. The van der Waals surface area contributed by atoms with E-state index in [1.54, 1.807) is 51.3 Å². The van der Waals surface area contributed by atoms with Crippen LogP contribution in [-0.2, 0) is 35.1 Å². The summed E-state index contributed by atoms with van der Waals surface area (Å²) < 4.78 is 44.1. The van der Waals surface area contributed by atoms with Crippen LogP contribution in [0.25, 0.3) is 33.0 Å². The van der Waals surface area contributed by atoms with E-state index in [0.29, 0.717) is 42.9 Å². The number of phenols is 1. The number of ketones is 1. The van der Waals surface area contributed by atoms with E-state index in [1.165, 1.54) is 52.5 Å². The number of aryl methyl sites for hydroxylation is 1. The van der Waals surface area contributed by atoms with Crippen molar-refractivity contribution < 1.29 is 67.5 Å². The van der Waals surface area contributed by atoms with Crippen LogP contribution in [0.3, 0.4) is 0 Å². The number of imidazole rings is 1. The van der Waals surface area contributed by atoms with Gasteiger partial charge in [0, 0.05) is 117 Å². The Bertz CT molecular complexity index is 3420. The molecule has 1 amide bonds. The molecule has 2 aromatic heterocycles. The Labute approximate surface area is 460 Å². The van der Waals surface area contributed by atoms with Crippen LogP contribution in [0.1, 0.15) is 76.4 Å². The fourth-order valence-electron chi connectivity index (χ4n) is 11.3. The number of carbonyl (C=O) groups excluding carboxylic acids is 3. The molecule has 4 N–H and O–H groups in total. The molecular formula is C57H69N7O16. The molecule has 0 spiro atoms. The average molecular weight is 1110 g/mol. The zero-order chi connectivity index (χ0) is 57.6. The van der Waals surface area contributed by atoms with Crippen LogP contribution in [0.15, 0.2) is 63.7 Å². The molecule has 1 fully saturated rings. The Morgan fingerprint density at radius 2 is 1.71 bits per heavy atom. The van der Waals surface area contributed by atoms with Gasteiger partial charge in [0.05, 0.1) is 42.1 Å². The van der Waals surface area contributed by atoms with E-state index in [-0.39, 0.29) is 74.5 Å². The van der Waals surface area contributed by atoms with E-state index in [0.717, 1.165) is 31.7 Å². The summed E-state index contributed by atoms with van der Waals surface area (Å²) in [6, 6.07) is 4.02. The molecule has 5 aromatic rings. The maximum Gasteiger partial charge on any atom is 0.414 e. The van der Waals surface area contributed by atoms with Gasteiger partial charge in [0.15, 0.2) is 22.3 Å². The Morgan fingerprint density at radius 3 is 2.41 bits per heavy atom. The summed E-state index contributed by atoms with van der Waals surface area (Å²) in [6.45, 7) is 19.2. The molecule has 80 heavy (non-hydrogen) atoms. The van der Waals surface area contributed by atoms with Crippen LogP contribution in [-0.4, -0.2) is 147 Å². The summed E-state index contributed by atoms with van der Waals surface area (Å²) in [5.74, 6) is -7.69. The Hall–Kier alpha value is -7.44. The number of nitrogens with zero attached hydrogens (tertiary/aromatic N) is 6. The number of aliphatic hydroxyl groups is 2. The molecule has 0 unspecified atom stereocenters. The molecule has 9 rings (SSSR count). The fraction of sp³-hybridized carbons (Fsp3) is 0.509. The Kier molecular flexibility index (Phi) is 16.4. The van der Waals surface area contributed by atoms with Crippen LogP contribution in [0, 0.1) is 47.6 Å². The standard InChI is InChI=1S/C57H69N7O16/c1-28-13-11-14-29(2)55(71)60-46-50(69)42-41(43-52(34(7)49(42)68)80-57(9,54(43)70)77-22-15-38(74-10)31(4)51(78-35(8)65)33(6)48(67)32(5)47(28)66)45-53(46)79-39-24-36(23-30(3)44(39)59-45)62-19-17-61(18-20-62)16-12-21-75-37-25-63-26-40(64(72)73)58-56(63)76-27-37/h11,13-15,22-24,26,28,31-33,37-38,47-48,51,66-67,69H,12,16-21,25,27H2,1-10H3,(H,60,71)/b13-11+,22-15+,29-14-/t28-,31+,32+,33+,37-,38-,47-,48+,51+,57-/m0/s1. The molecule has 1 saturated heterocycles. The smallest absolute Gasteiger partial charge is 0.414 e. The van der Waals surface area contributed by atoms with Crippen molar-refractivity contribution in [3.8, 4) is 17.5 Å². The Balaban J connectivity index is 1.05. The third-order valence-corrected chi connectivity index (χ3v) is 16.0. The van der Waals surface area contributed by atoms with E-state index in [9.17, 15) is 44.6 Å². The van der Waals surface area contributed by atoms with Crippen LogP contribution in [0.4, 0.5) is 17.2 Å². The van der Waals surface area contributed by atoms with Crippen molar-refractivity contribution >= 4 is 67.8 Å². The molecule has 23 nitrogen and oxygen atoms in total. The molecule has 0 saturated carbocycles. The van der Waals surface area contributed by atoms with Crippen molar-refractivity contribution in [2.24, 2.45) is 23.7 Å². The fourth-order valence-corrected chi connectivity index (χ4v) is 11.3. The summed E-state index contributed by atoms with van der Waals surface area (Å²) >= 11 is 0. The quantitative estimate of drug-likeness (QED) is 0.0236. The molecule has 428 valence electrons. The third-order valence-electron chi connectivity index (χ3n) is 16.0. The van der Waals surface area contributed by atoms with Crippen LogP contribution in [0.5, 0.6) is 17.5 Å². The second kappa shape index (κ2) is 23.0. The van der Waals surface area contributed by atoms with E-state index in [2.05, 4.69) is 20.1 Å². The van der Waals surface area contributed by atoms with Gasteiger partial charge in [0.2, 0.25) is 0 Å². The monoisotopic (exact) mass is 1110 g/mol. The normalized spacial score (nSPS) is 28.4. The predicted molar refractivity (Wildman–Crippen MR) is 294 cm³/mol. The summed E-state index contributed by atoms with van der Waals surface area (Å²) in [6.07, 6.45) is 5.38. The number of rotatable bonds is 9. The number of nitrogens with one attached hydrogen (secondary N) is 1. The minimum Gasteiger partial charge on any atom is -0.505 e. The first-order valence-corrected chi connectivity index (χ1v) is 26.9. The largest absolute Gasteiger partial charge is 0.505 e. The number of hydrogen-bond donors (Lipinski definition) is 4. The number of hydrogen-bond acceptors (Lipinski definition) is 20. The number of piperazine rings is 1.